The Morgan fingerprint density at radius 1 is 1.50 bits per heavy atom. The quantitative estimate of drug-likeness (QED) is 0.416. The molecular formula is C5H8Rh. The molecule has 0 aromatic heterocycles. The maximum Gasteiger partial charge on any atom is 0 e. The summed E-state index contributed by atoms with van der Waals surface area (Å²) in [5.41, 5.74) is 0. The van der Waals surface area contributed by atoms with Crippen LogP contribution in [0.15, 0.2) is 24.8 Å². The third kappa shape index (κ3) is 8.93. The molecule has 0 aliphatic carbocycles. The first-order valence-electron chi connectivity index (χ1n) is 1.65. The van der Waals surface area contributed by atoms with E-state index in [0.29, 0.717) is 0 Å². The van der Waals surface area contributed by atoms with Gasteiger partial charge in [0.05, 0.1) is 0 Å². The van der Waals surface area contributed by atoms with Crippen molar-refractivity contribution in [2.75, 3.05) is 0 Å². The normalized spacial score (nSPS) is 7.50. The van der Waals surface area contributed by atoms with Crippen molar-refractivity contribution >= 4 is 0 Å². The second-order valence-electron chi connectivity index (χ2n) is 0.761. The van der Waals surface area contributed by atoms with Crippen molar-refractivity contribution in [1.29, 1.82) is 0 Å². The molecule has 0 saturated carbocycles. The van der Waals surface area contributed by atoms with E-state index in [4.69, 9.17) is 0 Å². The first-order chi connectivity index (χ1) is 2.41. The van der Waals surface area contributed by atoms with E-state index < -0.39 is 0 Å². The Hall–Kier alpha value is 0.103. The van der Waals surface area contributed by atoms with Gasteiger partial charge in [0.2, 0.25) is 0 Å². The average Bonchev–Trinajstić information content (AvgIpc) is 1.41. The van der Waals surface area contributed by atoms with E-state index in [1.54, 1.807) is 6.08 Å². The number of hydrogen-bond acceptors (Lipinski definition) is 0. The second-order valence-corrected chi connectivity index (χ2v) is 0.761. The van der Waals surface area contributed by atoms with Gasteiger partial charge in [0.25, 0.3) is 0 Å². The van der Waals surface area contributed by atoms with Crippen LogP contribution in [-0.4, -0.2) is 0 Å². The first-order valence-corrected chi connectivity index (χ1v) is 1.65. The van der Waals surface area contributed by atoms with E-state index >= 15 is 0 Å². The van der Waals surface area contributed by atoms with Gasteiger partial charge in [0.1, 0.15) is 0 Å². The molecule has 0 aromatic rings. The average molecular weight is 171 g/mol. The molecule has 0 heterocycles. The summed E-state index contributed by atoms with van der Waals surface area (Å²) >= 11 is 0. The van der Waals surface area contributed by atoms with Crippen LogP contribution in [0.25, 0.3) is 0 Å². The minimum atomic E-state index is 0. The van der Waals surface area contributed by atoms with E-state index in [1.807, 2.05) is 19.1 Å². The van der Waals surface area contributed by atoms with Gasteiger partial charge in [-0.1, -0.05) is 24.8 Å². The molecule has 0 N–H and O–H groups in total. The van der Waals surface area contributed by atoms with Crippen molar-refractivity contribution in [2.24, 2.45) is 0 Å². The number of hydrogen-bond donors (Lipinski definition) is 0. The summed E-state index contributed by atoms with van der Waals surface area (Å²) in [6.07, 6.45) is 5.58. The van der Waals surface area contributed by atoms with Crippen molar-refractivity contribution in [3.8, 4) is 0 Å². The van der Waals surface area contributed by atoms with Gasteiger partial charge in [-0.3, -0.25) is 0 Å². The van der Waals surface area contributed by atoms with Crippen molar-refractivity contribution in [3.63, 3.8) is 0 Å². The van der Waals surface area contributed by atoms with E-state index in [0.717, 1.165) is 0 Å². The summed E-state index contributed by atoms with van der Waals surface area (Å²) in [4.78, 5) is 0. The summed E-state index contributed by atoms with van der Waals surface area (Å²) in [5, 5.41) is 0. The number of rotatable bonds is 1. The van der Waals surface area contributed by atoms with Crippen LogP contribution in [0.1, 0.15) is 6.92 Å². The fourth-order valence-corrected chi connectivity index (χ4v) is 0.136. The van der Waals surface area contributed by atoms with Crippen molar-refractivity contribution < 1.29 is 19.5 Å². The maximum atomic E-state index is 3.46. The predicted octanol–water partition coefficient (Wildman–Crippen LogP) is 1.75. The summed E-state index contributed by atoms with van der Waals surface area (Å²) in [5.74, 6) is 0. The Balaban J connectivity index is 0. The van der Waals surface area contributed by atoms with Crippen LogP contribution in [0.2, 0.25) is 0 Å². The maximum absolute atomic E-state index is 3.46. The third-order valence-corrected chi connectivity index (χ3v) is 0.329. The monoisotopic (exact) mass is 171 g/mol. The largest absolute Gasteiger partial charge is 0.0991 e. The van der Waals surface area contributed by atoms with Crippen LogP contribution >= 0.6 is 0 Å². The molecule has 37 valence electrons. The van der Waals surface area contributed by atoms with Gasteiger partial charge in [-0.2, -0.15) is 0 Å². The zero-order chi connectivity index (χ0) is 4.12. The molecule has 0 aliphatic rings. The minimum Gasteiger partial charge on any atom is -0.0991 e. The fourth-order valence-electron chi connectivity index (χ4n) is 0.136. The Morgan fingerprint density at radius 2 is 2.00 bits per heavy atom. The zero-order valence-corrected chi connectivity index (χ0v) is 5.41. The van der Waals surface area contributed by atoms with Gasteiger partial charge in [-0.05, 0) is 6.92 Å². The van der Waals surface area contributed by atoms with Crippen molar-refractivity contribution in [1.82, 2.24) is 0 Å². The molecule has 0 unspecified atom stereocenters. The molecule has 6 heavy (non-hydrogen) atoms. The molecule has 0 aliphatic heterocycles. The fraction of sp³-hybridized carbons (Fsp3) is 0.200. The molecule has 0 amide bonds. The van der Waals surface area contributed by atoms with Gasteiger partial charge in [0, 0.05) is 19.5 Å². The van der Waals surface area contributed by atoms with Crippen LogP contribution in [0.4, 0.5) is 0 Å². The van der Waals surface area contributed by atoms with Gasteiger partial charge >= 0.3 is 0 Å². The topological polar surface area (TPSA) is 0 Å². The van der Waals surface area contributed by atoms with Crippen LogP contribution < -0.4 is 0 Å². The standard InChI is InChI=1S/C5H8.Rh/c1-3-5-4-2;/h3-5H,1H2,2H3;. The summed E-state index contributed by atoms with van der Waals surface area (Å²) in [7, 11) is 0. The van der Waals surface area contributed by atoms with E-state index in [-0.39, 0.29) is 19.5 Å². The third-order valence-electron chi connectivity index (χ3n) is 0.329. The van der Waals surface area contributed by atoms with Gasteiger partial charge in [-0.15, -0.1) is 0 Å². The second kappa shape index (κ2) is 8.92. The Morgan fingerprint density at radius 3 is 2.00 bits per heavy atom. The predicted molar refractivity (Wildman–Crippen MR) is 25.0 cm³/mol. The van der Waals surface area contributed by atoms with Crippen LogP contribution in [-0.2, 0) is 19.5 Å². The minimum absolute atomic E-state index is 0. The zero-order valence-electron chi connectivity index (χ0n) is 3.77. The molecule has 0 aromatic carbocycles. The molecule has 0 saturated heterocycles. The number of allylic oxidation sites excluding steroid dienone is 3. The van der Waals surface area contributed by atoms with E-state index in [9.17, 15) is 0 Å². The van der Waals surface area contributed by atoms with Gasteiger partial charge in [-0.25, -0.2) is 0 Å². The Kier molecular flexibility index (Phi) is 14.0. The Labute approximate surface area is 51.7 Å². The molecule has 0 bridgehead atoms. The molecule has 1 heteroatoms. The molecule has 0 rings (SSSR count). The van der Waals surface area contributed by atoms with Crippen LogP contribution in [0, 0.1) is 0 Å². The van der Waals surface area contributed by atoms with Gasteiger partial charge < -0.3 is 0 Å². The summed E-state index contributed by atoms with van der Waals surface area (Å²) < 4.78 is 0. The van der Waals surface area contributed by atoms with Crippen LogP contribution in [0.5, 0.6) is 0 Å². The summed E-state index contributed by atoms with van der Waals surface area (Å²) in [6.45, 7) is 5.42. The Bertz CT molecular complexity index is 45.9. The molecule has 1 radical (unpaired) electrons. The molecule has 0 nitrogen and oxygen atoms in total. The molecule has 0 spiro atoms. The van der Waals surface area contributed by atoms with Crippen molar-refractivity contribution in [3.05, 3.63) is 24.8 Å². The molecule has 0 fully saturated rings. The molecule has 0 atom stereocenters. The van der Waals surface area contributed by atoms with Crippen LogP contribution in [0.3, 0.4) is 0 Å². The smallest absolute Gasteiger partial charge is 0 e. The van der Waals surface area contributed by atoms with Gasteiger partial charge in [0.15, 0.2) is 0 Å². The molecular weight excluding hydrogens is 163 g/mol. The first kappa shape index (κ1) is 9.44. The van der Waals surface area contributed by atoms with Crippen molar-refractivity contribution in [2.45, 2.75) is 6.92 Å². The summed E-state index contributed by atoms with van der Waals surface area (Å²) in [6, 6.07) is 0. The SMILES string of the molecule is C=CC=CC.[Rh]. The van der Waals surface area contributed by atoms with E-state index in [1.165, 1.54) is 0 Å². The van der Waals surface area contributed by atoms with E-state index in [2.05, 4.69) is 6.58 Å².